The molecule has 0 bridgehead atoms. The monoisotopic (exact) mass is 410 g/mol. The van der Waals surface area contributed by atoms with Crippen molar-refractivity contribution in [1.82, 2.24) is 10.6 Å². The largest absolute Gasteiger partial charge is 0.481 e. The molecule has 1 unspecified atom stereocenters. The van der Waals surface area contributed by atoms with E-state index in [1.54, 1.807) is 0 Å². The number of nitrogens with one attached hydrogen (secondary N) is 2. The highest BCUT2D eigenvalue weighted by Crippen LogP contribution is 2.44. The number of ether oxygens (including phenoxy) is 1. The minimum absolute atomic E-state index is 0.0206. The lowest BCUT2D eigenvalue weighted by atomic mass is 9.98. The third-order valence-electron chi connectivity index (χ3n) is 5.24. The summed E-state index contributed by atoms with van der Waals surface area (Å²) < 4.78 is 5.42. The van der Waals surface area contributed by atoms with Crippen LogP contribution in [0.3, 0.4) is 0 Å². The minimum Gasteiger partial charge on any atom is -0.481 e. The molecule has 2 aromatic rings. The summed E-state index contributed by atoms with van der Waals surface area (Å²) in [6.07, 6.45) is -0.123. The number of benzene rings is 2. The molecule has 0 fully saturated rings. The molecule has 0 heterocycles. The molecule has 7 nitrogen and oxygen atoms in total. The van der Waals surface area contributed by atoms with Gasteiger partial charge in [-0.15, -0.1) is 0 Å². The van der Waals surface area contributed by atoms with E-state index in [4.69, 9.17) is 9.84 Å². The Hall–Kier alpha value is -3.35. The number of alkyl carbamates (subject to hydrolysis) is 1. The summed E-state index contributed by atoms with van der Waals surface area (Å²) in [5, 5.41) is 14.1. The van der Waals surface area contributed by atoms with Crippen LogP contribution in [0.4, 0.5) is 4.79 Å². The number of fused-ring (bicyclic) bond motifs is 3. The quantitative estimate of drug-likeness (QED) is 0.588. The van der Waals surface area contributed by atoms with Gasteiger partial charge in [0.1, 0.15) is 6.61 Å². The van der Waals surface area contributed by atoms with Crippen molar-refractivity contribution in [2.24, 2.45) is 0 Å². The van der Waals surface area contributed by atoms with Crippen LogP contribution < -0.4 is 10.6 Å². The van der Waals surface area contributed by atoms with Crippen LogP contribution in [0.5, 0.6) is 0 Å². The smallest absolute Gasteiger partial charge is 0.407 e. The van der Waals surface area contributed by atoms with Gasteiger partial charge in [0.15, 0.2) is 0 Å². The molecule has 2 amide bonds. The van der Waals surface area contributed by atoms with Gasteiger partial charge in [-0.25, -0.2) is 4.79 Å². The molecule has 0 aliphatic heterocycles. The van der Waals surface area contributed by atoms with Crippen molar-refractivity contribution >= 4 is 18.0 Å². The van der Waals surface area contributed by atoms with Crippen molar-refractivity contribution in [1.29, 1.82) is 0 Å². The molecule has 30 heavy (non-hydrogen) atoms. The number of carboxylic acids is 1. The van der Waals surface area contributed by atoms with Gasteiger partial charge in [0.25, 0.3) is 0 Å². The number of carboxylic acid groups (broad SMARTS) is 1. The molecule has 158 valence electrons. The Balaban J connectivity index is 1.46. The summed E-state index contributed by atoms with van der Waals surface area (Å²) in [7, 11) is 0. The van der Waals surface area contributed by atoms with Crippen molar-refractivity contribution in [2.45, 2.75) is 38.1 Å². The van der Waals surface area contributed by atoms with Crippen LogP contribution in [-0.2, 0) is 14.3 Å². The maximum Gasteiger partial charge on any atom is 0.407 e. The van der Waals surface area contributed by atoms with E-state index >= 15 is 0 Å². The average molecular weight is 410 g/mol. The highest BCUT2D eigenvalue weighted by molar-refractivity contribution is 5.79. The first-order valence-corrected chi connectivity index (χ1v) is 10.1. The normalized spacial score (nSPS) is 13.1. The lowest BCUT2D eigenvalue weighted by Crippen LogP contribution is -2.38. The molecule has 1 atom stereocenters. The van der Waals surface area contributed by atoms with Gasteiger partial charge in [-0.05, 0) is 28.7 Å². The molecule has 1 aliphatic carbocycles. The fraction of sp³-hybridized carbons (Fsp3) is 0.348. The van der Waals surface area contributed by atoms with Crippen LogP contribution in [0.2, 0.25) is 0 Å². The number of hydrogen-bond donors (Lipinski definition) is 3. The van der Waals surface area contributed by atoms with E-state index in [9.17, 15) is 14.4 Å². The molecule has 0 saturated carbocycles. The Morgan fingerprint density at radius 1 is 1.03 bits per heavy atom. The molecule has 0 radical (unpaired) electrons. The van der Waals surface area contributed by atoms with Crippen molar-refractivity contribution in [3.05, 3.63) is 59.7 Å². The van der Waals surface area contributed by atoms with E-state index in [0.29, 0.717) is 6.42 Å². The van der Waals surface area contributed by atoms with E-state index in [1.165, 1.54) is 0 Å². The van der Waals surface area contributed by atoms with Crippen LogP contribution in [0.25, 0.3) is 11.1 Å². The molecule has 0 aromatic heterocycles. The average Bonchev–Trinajstić information content (AvgIpc) is 3.05. The lowest BCUT2D eigenvalue weighted by Gasteiger charge is -2.16. The predicted octanol–water partition coefficient (Wildman–Crippen LogP) is 3.28. The summed E-state index contributed by atoms with van der Waals surface area (Å²) in [4.78, 5) is 34.8. The van der Waals surface area contributed by atoms with Crippen molar-refractivity contribution in [3.8, 4) is 11.1 Å². The van der Waals surface area contributed by atoms with E-state index in [-0.39, 0.29) is 37.8 Å². The number of aliphatic carboxylic acids is 1. The maximum atomic E-state index is 12.1. The zero-order chi connectivity index (χ0) is 21.5. The highest BCUT2D eigenvalue weighted by atomic mass is 16.5. The van der Waals surface area contributed by atoms with Gasteiger partial charge in [-0.3, -0.25) is 9.59 Å². The van der Waals surface area contributed by atoms with E-state index in [1.807, 2.05) is 43.3 Å². The van der Waals surface area contributed by atoms with Crippen molar-refractivity contribution in [2.75, 3.05) is 13.2 Å². The van der Waals surface area contributed by atoms with Crippen LogP contribution in [0, 0.1) is 0 Å². The molecule has 1 aliphatic rings. The first-order chi connectivity index (χ1) is 14.5. The molecule has 3 rings (SSSR count). The second kappa shape index (κ2) is 9.91. The summed E-state index contributed by atoms with van der Waals surface area (Å²) >= 11 is 0. The summed E-state index contributed by atoms with van der Waals surface area (Å²) in [6.45, 7) is 2.14. The van der Waals surface area contributed by atoms with Gasteiger partial charge in [-0.1, -0.05) is 55.5 Å². The third-order valence-corrected chi connectivity index (χ3v) is 5.24. The molecule has 0 saturated heterocycles. The molecule has 3 N–H and O–H groups in total. The summed E-state index contributed by atoms with van der Waals surface area (Å²) in [5.41, 5.74) is 4.58. The van der Waals surface area contributed by atoms with E-state index < -0.39 is 18.1 Å². The van der Waals surface area contributed by atoms with Crippen molar-refractivity contribution in [3.63, 3.8) is 0 Å². The molecule has 7 heteroatoms. The third kappa shape index (κ3) is 5.17. The van der Waals surface area contributed by atoms with E-state index in [2.05, 4.69) is 22.8 Å². The number of amides is 2. The number of carbonyl (C=O) groups excluding carboxylic acids is 2. The zero-order valence-corrected chi connectivity index (χ0v) is 16.9. The zero-order valence-electron chi connectivity index (χ0n) is 16.9. The Bertz CT molecular complexity index is 882. The molecule has 0 spiro atoms. The van der Waals surface area contributed by atoms with Gasteiger partial charge < -0.3 is 20.5 Å². The van der Waals surface area contributed by atoms with Gasteiger partial charge in [0.05, 0.1) is 6.42 Å². The van der Waals surface area contributed by atoms with Gasteiger partial charge >= 0.3 is 12.1 Å². The Labute approximate surface area is 175 Å². The fourth-order valence-corrected chi connectivity index (χ4v) is 3.74. The van der Waals surface area contributed by atoms with Crippen molar-refractivity contribution < 1.29 is 24.2 Å². The van der Waals surface area contributed by atoms with E-state index in [0.717, 1.165) is 22.3 Å². The standard InChI is InChI=1S/C23H26N2O5/c1-2-15(13-22(27)28)25-21(26)11-12-24-23(29)30-14-20-18-9-5-3-7-16(18)17-8-4-6-10-19(17)20/h3-10,15,20H,2,11-14H2,1H3,(H,24,29)(H,25,26)(H,27,28). The Morgan fingerprint density at radius 2 is 1.63 bits per heavy atom. The SMILES string of the molecule is CCC(CC(=O)O)NC(=O)CCNC(=O)OCC1c2ccccc2-c2ccccc21. The van der Waals surface area contributed by atoms with Gasteiger partial charge in [-0.2, -0.15) is 0 Å². The second-order valence-corrected chi connectivity index (χ2v) is 7.27. The van der Waals surface area contributed by atoms with Gasteiger partial charge in [0, 0.05) is 24.9 Å². The lowest BCUT2D eigenvalue weighted by molar-refractivity contribution is -0.137. The second-order valence-electron chi connectivity index (χ2n) is 7.27. The van der Waals surface area contributed by atoms with Crippen LogP contribution in [0.1, 0.15) is 43.2 Å². The number of hydrogen-bond acceptors (Lipinski definition) is 4. The number of rotatable bonds is 9. The Kier molecular flexibility index (Phi) is 7.06. The topological polar surface area (TPSA) is 105 Å². The summed E-state index contributed by atoms with van der Waals surface area (Å²) in [5.74, 6) is -1.28. The van der Waals surface area contributed by atoms with Crippen LogP contribution >= 0.6 is 0 Å². The predicted molar refractivity (Wildman–Crippen MR) is 112 cm³/mol. The van der Waals surface area contributed by atoms with Crippen LogP contribution in [0.15, 0.2) is 48.5 Å². The fourth-order valence-electron chi connectivity index (χ4n) is 3.74. The maximum absolute atomic E-state index is 12.1. The first kappa shape index (κ1) is 21.4. The van der Waals surface area contributed by atoms with Gasteiger partial charge in [0.2, 0.25) is 5.91 Å². The first-order valence-electron chi connectivity index (χ1n) is 10.1. The molecular weight excluding hydrogens is 384 g/mol. The Morgan fingerprint density at radius 3 is 2.20 bits per heavy atom. The highest BCUT2D eigenvalue weighted by Gasteiger charge is 2.28. The number of carbonyl (C=O) groups is 3. The minimum atomic E-state index is -0.959. The van der Waals surface area contributed by atoms with Crippen LogP contribution in [-0.4, -0.2) is 42.3 Å². The molecular formula is C23H26N2O5. The summed E-state index contributed by atoms with van der Waals surface area (Å²) in [6, 6.07) is 15.8. The molecule has 2 aromatic carbocycles.